The number of nitrogens with zero attached hydrogens (tertiary/aromatic N) is 2. The lowest BCUT2D eigenvalue weighted by molar-refractivity contribution is -0.143. The summed E-state index contributed by atoms with van der Waals surface area (Å²) in [5.41, 5.74) is 0.633. The number of carbonyl (C=O) groups is 2. The Balaban J connectivity index is 1.97. The van der Waals surface area contributed by atoms with Crippen LogP contribution in [0.15, 0.2) is 5.10 Å². The van der Waals surface area contributed by atoms with Crippen molar-refractivity contribution in [2.45, 2.75) is 39.2 Å². The van der Waals surface area contributed by atoms with Crippen molar-refractivity contribution in [3.63, 3.8) is 0 Å². The van der Waals surface area contributed by atoms with Crippen LogP contribution in [0.4, 0.5) is 0 Å². The van der Waals surface area contributed by atoms with Crippen molar-refractivity contribution in [3.05, 3.63) is 0 Å². The normalized spacial score (nSPS) is 27.8. The van der Waals surface area contributed by atoms with Gasteiger partial charge in [-0.3, -0.25) is 9.59 Å². The molecule has 0 aliphatic carbocycles. The molecule has 2 heterocycles. The second-order valence-corrected chi connectivity index (χ2v) is 7.61. The second kappa shape index (κ2) is 6.13. The van der Waals surface area contributed by atoms with Gasteiger partial charge in [-0.1, -0.05) is 0 Å². The van der Waals surface area contributed by atoms with E-state index in [4.69, 9.17) is 4.74 Å². The molecular weight excluding hydrogens is 296 g/mol. The van der Waals surface area contributed by atoms with Gasteiger partial charge < -0.3 is 4.74 Å². The maximum Gasteiger partial charge on any atom is 0.305 e. The molecule has 2 atom stereocenters. The highest BCUT2D eigenvalue weighted by atomic mass is 32.2. The van der Waals surface area contributed by atoms with Crippen LogP contribution in [0, 0.1) is 5.92 Å². The number of ether oxygens (including phenoxy) is 1. The summed E-state index contributed by atoms with van der Waals surface area (Å²) in [6, 6.07) is -0.370. The summed E-state index contributed by atoms with van der Waals surface area (Å²) in [6.07, 6.45) is 0.937. The third-order valence-corrected chi connectivity index (χ3v) is 5.54. The van der Waals surface area contributed by atoms with Gasteiger partial charge in [0.05, 0.1) is 30.1 Å². The first kappa shape index (κ1) is 15.9. The molecule has 8 heteroatoms. The minimum Gasteiger partial charge on any atom is -0.466 e. The average Bonchev–Trinajstić information content (AvgIpc) is 2.88. The number of hydrogen-bond donors (Lipinski definition) is 0. The summed E-state index contributed by atoms with van der Waals surface area (Å²) >= 11 is 0. The first-order chi connectivity index (χ1) is 9.84. The molecule has 2 aliphatic heterocycles. The van der Waals surface area contributed by atoms with Crippen LogP contribution < -0.4 is 0 Å². The molecule has 0 aromatic heterocycles. The minimum atomic E-state index is -3.06. The molecule has 0 spiro atoms. The highest BCUT2D eigenvalue weighted by Crippen LogP contribution is 2.27. The van der Waals surface area contributed by atoms with Gasteiger partial charge in [-0.05, 0) is 26.7 Å². The van der Waals surface area contributed by atoms with Crippen LogP contribution in [0.5, 0.6) is 0 Å². The van der Waals surface area contributed by atoms with Gasteiger partial charge in [0.15, 0.2) is 9.84 Å². The molecule has 1 fully saturated rings. The second-order valence-electron chi connectivity index (χ2n) is 5.38. The molecule has 7 nitrogen and oxygen atoms in total. The lowest BCUT2D eigenvalue weighted by atomic mass is 9.98. The number of amides is 1. The van der Waals surface area contributed by atoms with E-state index in [0.29, 0.717) is 25.2 Å². The fourth-order valence-corrected chi connectivity index (χ4v) is 4.38. The van der Waals surface area contributed by atoms with Crippen LogP contribution in [-0.4, -0.2) is 55.2 Å². The predicted molar refractivity (Wildman–Crippen MR) is 76.4 cm³/mol. The fraction of sp³-hybridized carbons (Fsp3) is 0.769. The summed E-state index contributed by atoms with van der Waals surface area (Å²) < 4.78 is 27.9. The molecule has 2 rings (SSSR count). The van der Waals surface area contributed by atoms with Crippen LogP contribution >= 0.6 is 0 Å². The highest BCUT2D eigenvalue weighted by molar-refractivity contribution is 7.91. The SMILES string of the molecule is CCOC(=O)CCC1C(=O)N(C2CCS(=O)(=O)C2)N=C1C. The smallest absolute Gasteiger partial charge is 0.305 e. The van der Waals surface area contributed by atoms with Crippen LogP contribution in [0.2, 0.25) is 0 Å². The number of hydrogen-bond acceptors (Lipinski definition) is 6. The van der Waals surface area contributed by atoms with Crippen molar-refractivity contribution >= 4 is 27.4 Å². The third-order valence-electron chi connectivity index (χ3n) is 3.79. The number of hydrazone groups is 1. The molecule has 2 unspecified atom stereocenters. The Morgan fingerprint density at radius 2 is 2.19 bits per heavy atom. The largest absolute Gasteiger partial charge is 0.466 e. The molecule has 0 bridgehead atoms. The summed E-state index contributed by atoms with van der Waals surface area (Å²) in [7, 11) is -3.06. The van der Waals surface area contributed by atoms with Gasteiger partial charge >= 0.3 is 5.97 Å². The van der Waals surface area contributed by atoms with E-state index >= 15 is 0 Å². The van der Waals surface area contributed by atoms with Crippen molar-refractivity contribution in [2.75, 3.05) is 18.1 Å². The quantitative estimate of drug-likeness (QED) is 0.682. The van der Waals surface area contributed by atoms with E-state index < -0.39 is 15.8 Å². The maximum atomic E-state index is 12.3. The topological polar surface area (TPSA) is 93.1 Å². The highest BCUT2D eigenvalue weighted by Gasteiger charge is 2.41. The maximum absolute atomic E-state index is 12.3. The first-order valence-electron chi connectivity index (χ1n) is 7.08. The number of esters is 1. The molecule has 1 saturated heterocycles. The number of carbonyl (C=O) groups excluding carboxylic acids is 2. The van der Waals surface area contributed by atoms with Gasteiger partial charge in [0.25, 0.3) is 5.91 Å². The molecule has 0 N–H and O–H groups in total. The van der Waals surface area contributed by atoms with Crippen LogP contribution in [0.3, 0.4) is 0 Å². The Morgan fingerprint density at radius 1 is 1.48 bits per heavy atom. The molecule has 2 aliphatic rings. The van der Waals surface area contributed by atoms with Crippen molar-refractivity contribution in [1.29, 1.82) is 0 Å². The Morgan fingerprint density at radius 3 is 2.76 bits per heavy atom. The zero-order valence-corrected chi connectivity index (χ0v) is 13.1. The fourth-order valence-electron chi connectivity index (χ4n) is 2.68. The van der Waals surface area contributed by atoms with E-state index in [1.165, 1.54) is 5.01 Å². The summed E-state index contributed by atoms with van der Waals surface area (Å²) in [5.74, 6) is -0.916. The van der Waals surface area contributed by atoms with Crippen LogP contribution in [-0.2, 0) is 24.2 Å². The number of rotatable bonds is 5. The summed E-state index contributed by atoms with van der Waals surface area (Å²) in [4.78, 5) is 23.7. The summed E-state index contributed by atoms with van der Waals surface area (Å²) in [6.45, 7) is 3.78. The molecule has 0 radical (unpaired) electrons. The molecular formula is C13H20N2O5S. The molecule has 118 valence electrons. The van der Waals surface area contributed by atoms with E-state index in [2.05, 4.69) is 5.10 Å². The van der Waals surface area contributed by atoms with Crippen molar-refractivity contribution < 1.29 is 22.7 Å². The van der Waals surface area contributed by atoms with Gasteiger partial charge in [0, 0.05) is 12.1 Å². The lowest BCUT2D eigenvalue weighted by Gasteiger charge is -2.19. The van der Waals surface area contributed by atoms with Crippen molar-refractivity contribution in [1.82, 2.24) is 5.01 Å². The van der Waals surface area contributed by atoms with Gasteiger partial charge in [-0.25, -0.2) is 13.4 Å². The monoisotopic (exact) mass is 316 g/mol. The number of sulfone groups is 1. The Hall–Kier alpha value is -1.44. The van der Waals surface area contributed by atoms with Gasteiger partial charge in [-0.15, -0.1) is 0 Å². The van der Waals surface area contributed by atoms with Gasteiger partial charge in [-0.2, -0.15) is 5.10 Å². The van der Waals surface area contributed by atoms with Crippen molar-refractivity contribution in [2.24, 2.45) is 11.0 Å². The minimum absolute atomic E-state index is 0.0277. The van der Waals surface area contributed by atoms with E-state index in [9.17, 15) is 18.0 Å². The first-order valence-corrected chi connectivity index (χ1v) is 8.90. The van der Waals surface area contributed by atoms with E-state index in [1.54, 1.807) is 13.8 Å². The molecule has 21 heavy (non-hydrogen) atoms. The Bertz CT molecular complexity index is 569. The third kappa shape index (κ3) is 3.61. The van der Waals surface area contributed by atoms with E-state index in [1.807, 2.05) is 0 Å². The van der Waals surface area contributed by atoms with E-state index in [-0.39, 0.29) is 35.8 Å². The lowest BCUT2D eigenvalue weighted by Crippen LogP contribution is -2.36. The molecule has 0 saturated carbocycles. The van der Waals surface area contributed by atoms with Crippen molar-refractivity contribution in [3.8, 4) is 0 Å². The Kier molecular flexibility index (Phi) is 4.65. The summed E-state index contributed by atoms with van der Waals surface area (Å²) in [5, 5.41) is 5.51. The standard InChI is InChI=1S/C13H20N2O5S/c1-3-20-12(16)5-4-11-9(2)14-15(13(11)17)10-6-7-21(18,19)8-10/h10-11H,3-8H2,1-2H3. The Labute approximate surface area is 124 Å². The zero-order valence-electron chi connectivity index (χ0n) is 12.2. The predicted octanol–water partition coefficient (Wildman–Crippen LogP) is 0.351. The van der Waals surface area contributed by atoms with E-state index in [0.717, 1.165) is 0 Å². The molecule has 1 amide bonds. The average molecular weight is 316 g/mol. The van der Waals surface area contributed by atoms with Crippen LogP contribution in [0.1, 0.15) is 33.1 Å². The molecule has 0 aromatic carbocycles. The zero-order chi connectivity index (χ0) is 15.6. The van der Waals surface area contributed by atoms with Crippen LogP contribution in [0.25, 0.3) is 0 Å². The van der Waals surface area contributed by atoms with Gasteiger partial charge in [0.2, 0.25) is 0 Å². The molecule has 0 aromatic rings. The van der Waals surface area contributed by atoms with Gasteiger partial charge in [0.1, 0.15) is 0 Å².